The van der Waals surface area contributed by atoms with Gasteiger partial charge in [0, 0.05) is 0 Å². The summed E-state index contributed by atoms with van der Waals surface area (Å²) in [6.45, 7) is 0. The molecule has 0 aliphatic rings. The lowest BCUT2D eigenvalue weighted by molar-refractivity contribution is 0.432. The predicted octanol–water partition coefficient (Wildman–Crippen LogP) is 2.90. The molecule has 0 saturated carbocycles. The number of hydrogen-bond donors (Lipinski definition) is 1. The van der Waals surface area contributed by atoms with Crippen LogP contribution in [0.1, 0.15) is 5.56 Å². The molecule has 0 amide bonds. The zero-order valence-corrected chi connectivity index (χ0v) is 7.18. The molecule has 0 radical (unpaired) electrons. The van der Waals surface area contributed by atoms with Crippen molar-refractivity contribution in [1.29, 1.82) is 0 Å². The highest BCUT2D eigenvalue weighted by Crippen LogP contribution is 2.16. The molecule has 1 aromatic carbocycles. The van der Waals surface area contributed by atoms with E-state index in [0.29, 0.717) is 5.56 Å². The molecular formula is C8H6BrFO. The summed E-state index contributed by atoms with van der Waals surface area (Å²) < 4.78 is 12.6. The molecule has 11 heavy (non-hydrogen) atoms. The molecule has 0 fully saturated rings. The number of benzene rings is 1. The summed E-state index contributed by atoms with van der Waals surface area (Å²) in [5.41, 5.74) is 0.706. The maximum absolute atomic E-state index is 12.6. The number of halogens is 2. The van der Waals surface area contributed by atoms with Crippen LogP contribution in [0.25, 0.3) is 6.08 Å². The number of aromatic hydroxyl groups is 1. The van der Waals surface area contributed by atoms with Crippen LogP contribution in [-0.2, 0) is 0 Å². The maximum atomic E-state index is 12.6. The summed E-state index contributed by atoms with van der Waals surface area (Å²) in [5.74, 6) is -0.926. The molecular weight excluding hydrogens is 211 g/mol. The van der Waals surface area contributed by atoms with Crippen LogP contribution in [0.2, 0.25) is 0 Å². The largest absolute Gasteiger partial charge is 0.505 e. The quantitative estimate of drug-likeness (QED) is 0.766. The van der Waals surface area contributed by atoms with Crippen molar-refractivity contribution < 1.29 is 9.50 Å². The van der Waals surface area contributed by atoms with E-state index in [1.54, 1.807) is 17.1 Å². The average molecular weight is 217 g/mol. The van der Waals surface area contributed by atoms with Crippen LogP contribution in [0, 0.1) is 5.82 Å². The second-order valence-electron chi connectivity index (χ2n) is 2.00. The summed E-state index contributed by atoms with van der Waals surface area (Å²) >= 11 is 3.06. The van der Waals surface area contributed by atoms with Gasteiger partial charge in [0.25, 0.3) is 0 Å². The van der Waals surface area contributed by atoms with Gasteiger partial charge in [0.2, 0.25) is 0 Å². The second-order valence-corrected chi connectivity index (χ2v) is 2.53. The Kier molecular flexibility index (Phi) is 2.65. The Morgan fingerprint density at radius 2 is 2.18 bits per heavy atom. The van der Waals surface area contributed by atoms with Crippen LogP contribution in [0.4, 0.5) is 4.39 Å². The molecule has 0 aliphatic carbocycles. The zero-order valence-electron chi connectivity index (χ0n) is 5.59. The molecule has 0 heterocycles. The lowest BCUT2D eigenvalue weighted by Gasteiger charge is -1.95. The van der Waals surface area contributed by atoms with E-state index in [9.17, 15) is 4.39 Å². The van der Waals surface area contributed by atoms with E-state index in [2.05, 4.69) is 15.9 Å². The van der Waals surface area contributed by atoms with Crippen molar-refractivity contribution in [3.63, 3.8) is 0 Å². The van der Waals surface area contributed by atoms with Crippen molar-refractivity contribution in [2.45, 2.75) is 0 Å². The molecule has 58 valence electrons. The van der Waals surface area contributed by atoms with Crippen molar-refractivity contribution in [2.75, 3.05) is 0 Å². The molecule has 0 spiro atoms. The van der Waals surface area contributed by atoms with Gasteiger partial charge in [0.05, 0.1) is 0 Å². The Balaban J connectivity index is 3.05. The average Bonchev–Trinajstić information content (AvgIpc) is 1.98. The highest BCUT2D eigenvalue weighted by atomic mass is 79.9. The SMILES string of the molecule is Oc1ccc(/C=C/Br)cc1F. The molecule has 0 bridgehead atoms. The fourth-order valence-electron chi connectivity index (χ4n) is 0.700. The van der Waals surface area contributed by atoms with Gasteiger partial charge in [-0.15, -0.1) is 0 Å². The Morgan fingerprint density at radius 1 is 1.45 bits per heavy atom. The van der Waals surface area contributed by atoms with Gasteiger partial charge >= 0.3 is 0 Å². The van der Waals surface area contributed by atoms with E-state index in [1.807, 2.05) is 0 Å². The van der Waals surface area contributed by atoms with E-state index in [0.717, 1.165) is 0 Å². The highest BCUT2D eigenvalue weighted by molar-refractivity contribution is 9.11. The third kappa shape index (κ3) is 2.05. The fourth-order valence-corrected chi connectivity index (χ4v) is 1.00. The first-order valence-corrected chi connectivity index (χ1v) is 3.91. The summed E-state index contributed by atoms with van der Waals surface area (Å²) in [7, 11) is 0. The molecule has 0 aromatic heterocycles. The summed E-state index contributed by atoms with van der Waals surface area (Å²) in [5, 5.41) is 8.80. The summed E-state index contributed by atoms with van der Waals surface area (Å²) in [6.07, 6.45) is 1.68. The predicted molar refractivity (Wildman–Crippen MR) is 46.0 cm³/mol. The van der Waals surface area contributed by atoms with Gasteiger partial charge in [-0.3, -0.25) is 0 Å². The molecule has 0 saturated heterocycles. The molecule has 0 aliphatic heterocycles. The third-order valence-corrected chi connectivity index (χ3v) is 1.49. The topological polar surface area (TPSA) is 20.2 Å². The van der Waals surface area contributed by atoms with Crippen LogP contribution >= 0.6 is 15.9 Å². The minimum Gasteiger partial charge on any atom is -0.505 e. The van der Waals surface area contributed by atoms with Gasteiger partial charge in [0.15, 0.2) is 11.6 Å². The molecule has 3 heteroatoms. The van der Waals surface area contributed by atoms with Crippen molar-refractivity contribution in [2.24, 2.45) is 0 Å². The lowest BCUT2D eigenvalue weighted by Crippen LogP contribution is -1.77. The lowest BCUT2D eigenvalue weighted by atomic mass is 10.2. The first kappa shape index (κ1) is 8.27. The van der Waals surface area contributed by atoms with Gasteiger partial charge in [0.1, 0.15) is 0 Å². The number of hydrogen-bond acceptors (Lipinski definition) is 1. The Hall–Kier alpha value is -0.830. The first-order chi connectivity index (χ1) is 5.24. The van der Waals surface area contributed by atoms with Crippen molar-refractivity contribution >= 4 is 22.0 Å². The molecule has 1 aromatic rings. The highest BCUT2D eigenvalue weighted by Gasteiger charge is 1.97. The Morgan fingerprint density at radius 3 is 2.73 bits per heavy atom. The number of rotatable bonds is 1. The number of phenolic OH excluding ortho intramolecular Hbond substituents is 1. The van der Waals surface area contributed by atoms with Gasteiger partial charge in [-0.1, -0.05) is 22.0 Å². The molecule has 0 unspecified atom stereocenters. The van der Waals surface area contributed by atoms with Crippen molar-refractivity contribution in [3.8, 4) is 5.75 Å². The zero-order chi connectivity index (χ0) is 8.27. The third-order valence-electron chi connectivity index (χ3n) is 1.23. The molecule has 1 nitrogen and oxygen atoms in total. The van der Waals surface area contributed by atoms with E-state index < -0.39 is 5.82 Å². The van der Waals surface area contributed by atoms with E-state index >= 15 is 0 Å². The molecule has 0 atom stereocenters. The maximum Gasteiger partial charge on any atom is 0.165 e. The van der Waals surface area contributed by atoms with E-state index in [-0.39, 0.29) is 5.75 Å². The molecule has 1 rings (SSSR count). The minimum atomic E-state index is -0.604. The minimum absolute atomic E-state index is 0.322. The van der Waals surface area contributed by atoms with Gasteiger partial charge in [-0.2, -0.15) is 0 Å². The number of phenols is 1. The monoisotopic (exact) mass is 216 g/mol. The standard InChI is InChI=1S/C8H6BrFO/c9-4-3-6-1-2-8(11)7(10)5-6/h1-5,11H/b4-3+. The summed E-state index contributed by atoms with van der Waals surface area (Å²) in [6, 6.07) is 4.20. The van der Waals surface area contributed by atoms with Crippen LogP contribution in [0.5, 0.6) is 5.75 Å². The van der Waals surface area contributed by atoms with Crippen LogP contribution in [0.15, 0.2) is 23.2 Å². The normalized spacial score (nSPS) is 10.7. The van der Waals surface area contributed by atoms with Crippen LogP contribution < -0.4 is 0 Å². The first-order valence-electron chi connectivity index (χ1n) is 2.99. The van der Waals surface area contributed by atoms with Gasteiger partial charge in [-0.25, -0.2) is 4.39 Å². The second kappa shape index (κ2) is 3.53. The van der Waals surface area contributed by atoms with Crippen molar-refractivity contribution in [3.05, 3.63) is 34.6 Å². The summed E-state index contributed by atoms with van der Waals surface area (Å²) in [4.78, 5) is 1.62. The van der Waals surface area contributed by atoms with Crippen LogP contribution in [-0.4, -0.2) is 5.11 Å². The van der Waals surface area contributed by atoms with Gasteiger partial charge in [-0.05, 0) is 28.8 Å². The van der Waals surface area contributed by atoms with E-state index in [4.69, 9.17) is 5.11 Å². The Bertz CT molecular complexity index is 283. The fraction of sp³-hybridized carbons (Fsp3) is 0. The van der Waals surface area contributed by atoms with Crippen LogP contribution in [0.3, 0.4) is 0 Å². The Labute approximate surface area is 72.3 Å². The smallest absolute Gasteiger partial charge is 0.165 e. The molecule has 1 N–H and O–H groups in total. The van der Waals surface area contributed by atoms with Crippen molar-refractivity contribution in [1.82, 2.24) is 0 Å². The van der Waals surface area contributed by atoms with E-state index in [1.165, 1.54) is 12.1 Å². The van der Waals surface area contributed by atoms with Gasteiger partial charge < -0.3 is 5.11 Å².